The molecule has 0 saturated carbocycles. The van der Waals surface area contributed by atoms with E-state index in [-0.39, 0.29) is 11.9 Å². The Balaban J connectivity index is 1.78. The third-order valence-corrected chi connectivity index (χ3v) is 4.78. The molecule has 7 nitrogen and oxygen atoms in total. The zero-order chi connectivity index (χ0) is 17.1. The number of nitrogens with zero attached hydrogens (tertiary/aromatic N) is 5. The fraction of sp³-hybridized carbons (Fsp3) is 0.222. The van der Waals surface area contributed by atoms with E-state index in [2.05, 4.69) is 21.0 Å². The summed E-state index contributed by atoms with van der Waals surface area (Å²) in [5.74, 6) is 3.49. The summed E-state index contributed by atoms with van der Waals surface area (Å²) in [5.41, 5.74) is 3.56. The lowest BCUT2D eigenvalue weighted by Gasteiger charge is -2.39. The average Bonchev–Trinajstić information content (AvgIpc) is 3.18. The van der Waals surface area contributed by atoms with Crippen LogP contribution in [0.3, 0.4) is 0 Å². The van der Waals surface area contributed by atoms with E-state index in [4.69, 9.17) is 10.9 Å². The second-order valence-corrected chi connectivity index (χ2v) is 6.17. The van der Waals surface area contributed by atoms with E-state index in [0.717, 1.165) is 17.8 Å². The zero-order valence-electron chi connectivity index (χ0n) is 13.4. The summed E-state index contributed by atoms with van der Waals surface area (Å²) >= 11 is 0. The van der Waals surface area contributed by atoms with Gasteiger partial charge in [0.25, 0.3) is 11.8 Å². The van der Waals surface area contributed by atoms with Gasteiger partial charge in [-0.3, -0.25) is 9.36 Å². The number of fused-ring (bicyclic) bond motifs is 5. The summed E-state index contributed by atoms with van der Waals surface area (Å²) in [6.07, 6.45) is 8.07. The van der Waals surface area contributed by atoms with Crippen molar-refractivity contribution >= 4 is 5.91 Å². The van der Waals surface area contributed by atoms with Gasteiger partial charge in [0.2, 0.25) is 0 Å². The van der Waals surface area contributed by atoms with Crippen molar-refractivity contribution in [3.05, 3.63) is 47.2 Å². The van der Waals surface area contributed by atoms with Gasteiger partial charge in [-0.25, -0.2) is 4.98 Å². The van der Waals surface area contributed by atoms with Gasteiger partial charge in [-0.1, -0.05) is 11.1 Å². The van der Waals surface area contributed by atoms with Crippen molar-refractivity contribution < 1.29 is 9.32 Å². The number of aromatic nitrogens is 4. The fourth-order valence-electron chi connectivity index (χ4n) is 3.50. The van der Waals surface area contributed by atoms with E-state index in [0.29, 0.717) is 35.1 Å². The molecule has 0 radical (unpaired) electrons. The van der Waals surface area contributed by atoms with Crippen LogP contribution in [0.5, 0.6) is 0 Å². The fourth-order valence-corrected chi connectivity index (χ4v) is 3.50. The summed E-state index contributed by atoms with van der Waals surface area (Å²) in [6.45, 7) is 2.47. The number of terminal acetylenes is 1. The Hall–Kier alpha value is -3.40. The first-order chi connectivity index (χ1) is 12.2. The number of carbonyl (C=O) groups is 1. The SMILES string of the molecule is C#Cc1ccc2c(c1)C(=O)N1CC[C@@H]1c1c(-c3nc(C)no3)ncn1-2. The van der Waals surface area contributed by atoms with Crippen LogP contribution in [0, 0.1) is 19.3 Å². The summed E-state index contributed by atoms with van der Waals surface area (Å²) in [5, 5.41) is 3.85. The van der Waals surface area contributed by atoms with Crippen molar-refractivity contribution in [2.24, 2.45) is 0 Å². The van der Waals surface area contributed by atoms with Gasteiger partial charge in [0, 0.05) is 12.1 Å². The molecule has 4 heterocycles. The molecule has 0 spiro atoms. The molecule has 1 fully saturated rings. The maximum Gasteiger partial charge on any atom is 0.278 e. The summed E-state index contributed by atoms with van der Waals surface area (Å²) in [4.78, 5) is 23.6. The van der Waals surface area contributed by atoms with Crippen LogP contribution in [0.25, 0.3) is 17.3 Å². The molecular weight excluding hydrogens is 318 g/mol. The van der Waals surface area contributed by atoms with Crippen molar-refractivity contribution in [2.75, 3.05) is 6.54 Å². The topological polar surface area (TPSA) is 77.1 Å². The van der Waals surface area contributed by atoms with Crippen molar-refractivity contribution in [1.29, 1.82) is 0 Å². The number of aryl methyl sites for hydroxylation is 1. The number of carbonyl (C=O) groups excluding carboxylic acids is 1. The van der Waals surface area contributed by atoms with E-state index >= 15 is 0 Å². The largest absolute Gasteiger partial charge is 0.332 e. The van der Waals surface area contributed by atoms with Gasteiger partial charge in [-0.05, 0) is 31.5 Å². The molecule has 0 unspecified atom stereocenters. The molecule has 122 valence electrons. The predicted molar refractivity (Wildman–Crippen MR) is 87.9 cm³/mol. The number of hydrogen-bond donors (Lipinski definition) is 0. The third-order valence-electron chi connectivity index (χ3n) is 4.78. The monoisotopic (exact) mass is 331 g/mol. The lowest BCUT2D eigenvalue weighted by atomic mass is 9.97. The van der Waals surface area contributed by atoms with Gasteiger partial charge in [0.05, 0.1) is 23.0 Å². The molecule has 2 aliphatic heterocycles. The van der Waals surface area contributed by atoms with E-state index in [1.165, 1.54) is 0 Å². The van der Waals surface area contributed by atoms with Crippen molar-refractivity contribution in [3.8, 4) is 29.6 Å². The van der Waals surface area contributed by atoms with Crippen LogP contribution < -0.4 is 0 Å². The first kappa shape index (κ1) is 14.0. The Morgan fingerprint density at radius 2 is 2.28 bits per heavy atom. The van der Waals surface area contributed by atoms with Gasteiger partial charge in [0.1, 0.15) is 6.33 Å². The molecule has 1 aromatic carbocycles. The Morgan fingerprint density at radius 1 is 1.40 bits per heavy atom. The van der Waals surface area contributed by atoms with Crippen molar-refractivity contribution in [1.82, 2.24) is 24.6 Å². The maximum absolute atomic E-state index is 13.0. The molecule has 1 amide bonds. The molecule has 0 bridgehead atoms. The standard InChI is InChI=1S/C18H13N5O2/c1-3-11-4-5-13-12(8-11)18(24)22-7-6-14(22)16-15(19-9-23(13)16)17-20-10(2)21-25-17/h1,4-5,8-9,14H,6-7H2,2H3/t14-/m1/s1. The molecule has 1 saturated heterocycles. The van der Waals surface area contributed by atoms with E-state index in [9.17, 15) is 4.79 Å². The second kappa shape index (κ2) is 4.80. The van der Waals surface area contributed by atoms with E-state index in [1.807, 2.05) is 21.6 Å². The Morgan fingerprint density at radius 3 is 2.96 bits per heavy atom. The van der Waals surface area contributed by atoms with Gasteiger partial charge in [-0.2, -0.15) is 4.98 Å². The van der Waals surface area contributed by atoms with E-state index in [1.54, 1.807) is 19.3 Å². The number of rotatable bonds is 1. The highest BCUT2D eigenvalue weighted by Crippen LogP contribution is 2.43. The van der Waals surface area contributed by atoms with Crippen LogP contribution in [0.1, 0.15) is 39.9 Å². The predicted octanol–water partition coefficient (Wildman–Crippen LogP) is 2.11. The Bertz CT molecular complexity index is 1070. The summed E-state index contributed by atoms with van der Waals surface area (Å²) in [7, 11) is 0. The normalized spacial score (nSPS) is 17.8. The zero-order valence-corrected chi connectivity index (χ0v) is 13.4. The number of benzene rings is 1. The number of hydrogen-bond acceptors (Lipinski definition) is 5. The number of imidazole rings is 1. The van der Waals surface area contributed by atoms with Crippen LogP contribution in [0.15, 0.2) is 29.0 Å². The molecule has 1 atom stereocenters. The summed E-state index contributed by atoms with van der Waals surface area (Å²) < 4.78 is 7.24. The van der Waals surface area contributed by atoms with Crippen LogP contribution in [-0.4, -0.2) is 37.0 Å². The van der Waals surface area contributed by atoms with Gasteiger partial charge >= 0.3 is 0 Å². The van der Waals surface area contributed by atoms with Gasteiger partial charge in [-0.15, -0.1) is 6.42 Å². The van der Waals surface area contributed by atoms with Gasteiger partial charge < -0.3 is 9.42 Å². The minimum atomic E-state index is -0.0566. The van der Waals surface area contributed by atoms with Gasteiger partial charge in [0.15, 0.2) is 11.5 Å². The minimum absolute atomic E-state index is 0.0142. The molecular formula is C18H13N5O2. The molecule has 25 heavy (non-hydrogen) atoms. The smallest absolute Gasteiger partial charge is 0.278 e. The average molecular weight is 331 g/mol. The lowest BCUT2D eigenvalue weighted by molar-refractivity contribution is 0.0461. The van der Waals surface area contributed by atoms with E-state index < -0.39 is 0 Å². The second-order valence-electron chi connectivity index (χ2n) is 6.17. The molecule has 3 aromatic rings. The van der Waals surface area contributed by atoms with Crippen molar-refractivity contribution in [3.63, 3.8) is 0 Å². The van der Waals surface area contributed by atoms with Crippen LogP contribution in [0.4, 0.5) is 0 Å². The molecule has 0 N–H and O–H groups in total. The summed E-state index contributed by atoms with van der Waals surface area (Å²) in [6, 6.07) is 5.40. The first-order valence-electron chi connectivity index (χ1n) is 7.97. The van der Waals surface area contributed by atoms with Crippen LogP contribution in [0.2, 0.25) is 0 Å². The molecule has 5 rings (SSSR count). The van der Waals surface area contributed by atoms with Crippen LogP contribution in [-0.2, 0) is 0 Å². The molecule has 2 aromatic heterocycles. The molecule has 7 heteroatoms. The third kappa shape index (κ3) is 1.82. The number of amides is 1. The van der Waals surface area contributed by atoms with Crippen molar-refractivity contribution in [2.45, 2.75) is 19.4 Å². The Kier molecular flexibility index (Phi) is 2.69. The van der Waals surface area contributed by atoms with Crippen LogP contribution >= 0.6 is 0 Å². The maximum atomic E-state index is 13.0. The lowest BCUT2D eigenvalue weighted by Crippen LogP contribution is -2.44. The quantitative estimate of drug-likeness (QED) is 0.638. The molecule has 2 aliphatic rings. The Labute approximate surface area is 143 Å². The highest BCUT2D eigenvalue weighted by atomic mass is 16.5. The minimum Gasteiger partial charge on any atom is -0.332 e. The first-order valence-corrected chi connectivity index (χ1v) is 7.97. The highest BCUT2D eigenvalue weighted by Gasteiger charge is 2.42. The highest BCUT2D eigenvalue weighted by molar-refractivity contribution is 5.99. The molecule has 0 aliphatic carbocycles.